The van der Waals surface area contributed by atoms with E-state index in [1.54, 1.807) is 12.1 Å². The van der Waals surface area contributed by atoms with Gasteiger partial charge in [-0.05, 0) is 49.7 Å². The van der Waals surface area contributed by atoms with E-state index in [2.05, 4.69) is 21.2 Å². The van der Waals surface area contributed by atoms with Crippen LogP contribution in [0.3, 0.4) is 0 Å². The smallest absolute Gasteiger partial charge is 0.287 e. The van der Waals surface area contributed by atoms with E-state index in [0.717, 1.165) is 25.3 Å². The predicted octanol–water partition coefficient (Wildman–Crippen LogP) is 4.25. The van der Waals surface area contributed by atoms with Gasteiger partial charge >= 0.3 is 0 Å². The minimum atomic E-state index is -3.48. The second kappa shape index (κ2) is 7.69. The topological polar surface area (TPSA) is 79.6 Å². The molecule has 0 saturated carbocycles. The third-order valence-electron chi connectivity index (χ3n) is 4.61. The molecule has 0 radical (unpaired) electrons. The van der Waals surface area contributed by atoms with Gasteiger partial charge in [0, 0.05) is 29.5 Å². The van der Waals surface area contributed by atoms with Crippen molar-refractivity contribution in [1.29, 1.82) is 0 Å². The Morgan fingerprint density at radius 1 is 1.14 bits per heavy atom. The van der Waals surface area contributed by atoms with E-state index >= 15 is 0 Å². The highest BCUT2D eigenvalue weighted by atomic mass is 79.9. The van der Waals surface area contributed by atoms with Crippen LogP contribution in [0.25, 0.3) is 11.0 Å². The van der Waals surface area contributed by atoms with E-state index in [4.69, 9.17) is 4.42 Å². The van der Waals surface area contributed by atoms with Crippen LogP contribution < -0.4 is 5.32 Å². The lowest BCUT2D eigenvalue weighted by Crippen LogP contribution is -2.27. The van der Waals surface area contributed by atoms with Crippen LogP contribution in [0.2, 0.25) is 0 Å². The number of hydrogen-bond acceptors (Lipinski definition) is 4. The van der Waals surface area contributed by atoms with Gasteiger partial charge < -0.3 is 9.73 Å². The van der Waals surface area contributed by atoms with Crippen molar-refractivity contribution in [2.24, 2.45) is 0 Å². The van der Waals surface area contributed by atoms with E-state index in [1.165, 1.54) is 26.2 Å². The first-order chi connectivity index (χ1) is 13.1. The zero-order valence-corrected chi connectivity index (χ0v) is 18.4. The maximum atomic E-state index is 12.7. The van der Waals surface area contributed by atoms with Gasteiger partial charge in [-0.3, -0.25) is 4.79 Å². The van der Waals surface area contributed by atoms with Crippen molar-refractivity contribution in [2.45, 2.75) is 24.8 Å². The molecule has 0 spiro atoms. The number of halogens is 1. The maximum absolute atomic E-state index is 12.7. The monoisotopic (exact) mass is 464 g/mol. The van der Waals surface area contributed by atoms with E-state index in [9.17, 15) is 13.2 Å². The van der Waals surface area contributed by atoms with Crippen molar-refractivity contribution in [1.82, 2.24) is 9.62 Å². The van der Waals surface area contributed by atoms with E-state index < -0.39 is 10.0 Å². The van der Waals surface area contributed by atoms with Crippen molar-refractivity contribution in [3.8, 4) is 0 Å². The normalized spacial score (nSPS) is 13.1. The van der Waals surface area contributed by atoms with Gasteiger partial charge in [-0.25, -0.2) is 12.7 Å². The first-order valence-electron chi connectivity index (χ1n) is 8.63. The summed E-state index contributed by atoms with van der Waals surface area (Å²) in [5.41, 5.74) is 2.22. The van der Waals surface area contributed by atoms with Crippen molar-refractivity contribution >= 4 is 42.8 Å². The Morgan fingerprint density at radius 3 is 2.39 bits per heavy atom. The molecule has 0 bridgehead atoms. The molecule has 0 aliphatic heterocycles. The number of benzene rings is 2. The first kappa shape index (κ1) is 20.6. The number of nitrogens with one attached hydrogen (secondary N) is 1. The van der Waals surface area contributed by atoms with Gasteiger partial charge in [0.2, 0.25) is 10.0 Å². The first-order valence-corrected chi connectivity index (χ1v) is 10.9. The molecule has 1 N–H and O–H groups in total. The molecule has 2 aromatic carbocycles. The lowest BCUT2D eigenvalue weighted by atomic mass is 10.1. The maximum Gasteiger partial charge on any atom is 0.287 e. The van der Waals surface area contributed by atoms with Crippen LogP contribution in [0.4, 0.5) is 0 Å². The number of amides is 1. The van der Waals surface area contributed by atoms with Crippen LogP contribution in [-0.4, -0.2) is 32.7 Å². The molecule has 3 aromatic rings. The lowest BCUT2D eigenvalue weighted by molar-refractivity contribution is 0.0913. The molecule has 1 amide bonds. The van der Waals surface area contributed by atoms with Crippen LogP contribution >= 0.6 is 15.9 Å². The molecule has 0 aliphatic rings. The summed E-state index contributed by atoms with van der Waals surface area (Å²) in [5, 5.41) is 3.79. The molecular weight excluding hydrogens is 444 g/mol. The Hall–Kier alpha value is -2.16. The Morgan fingerprint density at radius 2 is 1.79 bits per heavy atom. The minimum absolute atomic E-state index is 0.207. The largest absolute Gasteiger partial charge is 0.451 e. The molecule has 1 heterocycles. The Labute approximate surface area is 172 Å². The predicted molar refractivity (Wildman–Crippen MR) is 112 cm³/mol. The molecule has 148 valence electrons. The van der Waals surface area contributed by atoms with Gasteiger partial charge in [0.15, 0.2) is 5.76 Å². The standard InChI is InChI=1S/C20H21BrN2O4S/c1-12-17-11-15(21)7-10-18(17)27-19(12)20(24)22-13(2)14-5-8-16(9-6-14)28(25,26)23(3)4/h5-11,13H,1-4H3,(H,22,24). The molecule has 28 heavy (non-hydrogen) atoms. The van der Waals surface area contributed by atoms with Crippen LogP contribution in [0.1, 0.15) is 34.6 Å². The van der Waals surface area contributed by atoms with Gasteiger partial charge in [-0.2, -0.15) is 0 Å². The quantitative estimate of drug-likeness (QED) is 0.611. The van der Waals surface area contributed by atoms with Crippen LogP contribution in [0.15, 0.2) is 56.2 Å². The van der Waals surface area contributed by atoms with E-state index in [-0.39, 0.29) is 22.6 Å². The third kappa shape index (κ3) is 3.85. The van der Waals surface area contributed by atoms with E-state index in [1.807, 2.05) is 32.0 Å². The number of carbonyl (C=O) groups is 1. The molecule has 1 atom stereocenters. The minimum Gasteiger partial charge on any atom is -0.451 e. The summed E-state index contributed by atoms with van der Waals surface area (Å²) in [6, 6.07) is 11.7. The summed E-state index contributed by atoms with van der Waals surface area (Å²) < 4.78 is 32.1. The molecule has 3 rings (SSSR count). The number of sulfonamides is 1. The van der Waals surface area contributed by atoms with Crippen LogP contribution in [0, 0.1) is 6.92 Å². The number of furan rings is 1. The second-order valence-electron chi connectivity index (χ2n) is 6.75. The van der Waals surface area contributed by atoms with Crippen molar-refractivity contribution < 1.29 is 17.6 Å². The summed E-state index contributed by atoms with van der Waals surface area (Å²) in [6.45, 7) is 3.68. The number of aryl methyl sites for hydroxylation is 1. The fourth-order valence-corrected chi connectivity index (χ4v) is 4.16. The zero-order valence-electron chi connectivity index (χ0n) is 16.0. The van der Waals surface area contributed by atoms with Gasteiger partial charge in [0.1, 0.15) is 5.58 Å². The number of carbonyl (C=O) groups excluding carboxylic acids is 1. The van der Waals surface area contributed by atoms with Gasteiger partial charge in [0.25, 0.3) is 5.91 Å². The molecule has 0 saturated heterocycles. The summed E-state index contributed by atoms with van der Waals surface area (Å²) >= 11 is 3.42. The summed E-state index contributed by atoms with van der Waals surface area (Å²) in [4.78, 5) is 12.9. The Balaban J connectivity index is 1.80. The number of fused-ring (bicyclic) bond motifs is 1. The molecular formula is C20H21BrN2O4S. The highest BCUT2D eigenvalue weighted by Gasteiger charge is 2.21. The Kier molecular flexibility index (Phi) is 5.65. The average molecular weight is 465 g/mol. The fourth-order valence-electron chi connectivity index (χ4n) is 2.89. The Bertz CT molecular complexity index is 1130. The molecule has 8 heteroatoms. The molecule has 0 fully saturated rings. The molecule has 1 aromatic heterocycles. The zero-order chi connectivity index (χ0) is 20.6. The number of hydrogen-bond donors (Lipinski definition) is 1. The van der Waals surface area contributed by atoms with Gasteiger partial charge in [-0.1, -0.05) is 28.1 Å². The van der Waals surface area contributed by atoms with Gasteiger partial charge in [0.05, 0.1) is 10.9 Å². The summed E-state index contributed by atoms with van der Waals surface area (Å²) in [7, 11) is -0.509. The fraction of sp³-hybridized carbons (Fsp3) is 0.250. The van der Waals surface area contributed by atoms with Crippen LogP contribution in [0.5, 0.6) is 0 Å². The molecule has 0 aliphatic carbocycles. The van der Waals surface area contributed by atoms with Crippen molar-refractivity contribution in [2.75, 3.05) is 14.1 Å². The SMILES string of the molecule is Cc1c(C(=O)NC(C)c2ccc(S(=O)(=O)N(C)C)cc2)oc2ccc(Br)cc12. The second-order valence-corrected chi connectivity index (χ2v) is 9.82. The third-order valence-corrected chi connectivity index (χ3v) is 6.93. The lowest BCUT2D eigenvalue weighted by Gasteiger charge is -2.15. The number of rotatable bonds is 5. The highest BCUT2D eigenvalue weighted by molar-refractivity contribution is 9.10. The number of nitrogens with zero attached hydrogens (tertiary/aromatic N) is 1. The average Bonchev–Trinajstić information content (AvgIpc) is 2.98. The van der Waals surface area contributed by atoms with Crippen molar-refractivity contribution in [3.05, 3.63) is 63.8 Å². The van der Waals surface area contributed by atoms with Crippen molar-refractivity contribution in [3.63, 3.8) is 0 Å². The van der Waals surface area contributed by atoms with E-state index in [0.29, 0.717) is 5.58 Å². The van der Waals surface area contributed by atoms with Crippen LogP contribution in [-0.2, 0) is 10.0 Å². The summed E-state index contributed by atoms with van der Waals surface area (Å²) in [6.07, 6.45) is 0. The molecule has 1 unspecified atom stereocenters. The summed E-state index contributed by atoms with van der Waals surface area (Å²) in [5.74, 6) is -0.0472. The molecule has 6 nitrogen and oxygen atoms in total. The highest BCUT2D eigenvalue weighted by Crippen LogP contribution is 2.28. The van der Waals surface area contributed by atoms with Gasteiger partial charge in [-0.15, -0.1) is 0 Å².